The summed E-state index contributed by atoms with van der Waals surface area (Å²) in [6, 6.07) is 5.97. The van der Waals surface area contributed by atoms with E-state index in [4.69, 9.17) is 5.11 Å². The second-order valence-corrected chi connectivity index (χ2v) is 5.57. The van der Waals surface area contributed by atoms with E-state index in [9.17, 15) is 5.11 Å². The Balaban J connectivity index is 2.11. The first-order chi connectivity index (χ1) is 8.54. The van der Waals surface area contributed by atoms with Crippen molar-refractivity contribution in [3.8, 4) is 0 Å². The molecule has 3 heteroatoms. The van der Waals surface area contributed by atoms with E-state index >= 15 is 0 Å². The fraction of sp³-hybridized carbons (Fsp3) is 0.600. The Morgan fingerprint density at radius 1 is 1.28 bits per heavy atom. The van der Waals surface area contributed by atoms with E-state index in [0.29, 0.717) is 6.54 Å². The zero-order valence-electron chi connectivity index (χ0n) is 11.3. The lowest BCUT2D eigenvalue weighted by molar-refractivity contribution is 0.0559. The topological polar surface area (TPSA) is 43.7 Å². The SMILES string of the molecule is Cc1cc(CO)ccc1N(C)CC1(O)CCCC1. The number of aryl methyl sites for hydroxylation is 1. The molecule has 1 fully saturated rings. The Labute approximate surface area is 109 Å². The maximum atomic E-state index is 10.4. The highest BCUT2D eigenvalue weighted by Crippen LogP contribution is 2.32. The van der Waals surface area contributed by atoms with E-state index < -0.39 is 5.60 Å². The van der Waals surface area contributed by atoms with Gasteiger partial charge in [0, 0.05) is 19.3 Å². The van der Waals surface area contributed by atoms with E-state index in [1.807, 2.05) is 32.2 Å². The first kappa shape index (κ1) is 13.4. The van der Waals surface area contributed by atoms with E-state index in [-0.39, 0.29) is 6.61 Å². The molecular formula is C15H23NO2. The Kier molecular flexibility index (Phi) is 3.93. The number of hydrogen-bond acceptors (Lipinski definition) is 3. The second kappa shape index (κ2) is 5.29. The summed E-state index contributed by atoms with van der Waals surface area (Å²) in [5.41, 5.74) is 2.69. The van der Waals surface area contributed by atoms with Crippen LogP contribution in [-0.4, -0.2) is 29.4 Å². The van der Waals surface area contributed by atoms with Crippen LogP contribution >= 0.6 is 0 Å². The summed E-state index contributed by atoms with van der Waals surface area (Å²) in [5.74, 6) is 0. The van der Waals surface area contributed by atoms with Gasteiger partial charge >= 0.3 is 0 Å². The lowest BCUT2D eigenvalue weighted by Crippen LogP contribution is -2.39. The predicted octanol–water partition coefficient (Wildman–Crippen LogP) is 2.23. The zero-order valence-corrected chi connectivity index (χ0v) is 11.3. The molecule has 0 radical (unpaired) electrons. The monoisotopic (exact) mass is 249 g/mol. The van der Waals surface area contributed by atoms with Crippen molar-refractivity contribution in [1.29, 1.82) is 0 Å². The van der Waals surface area contributed by atoms with Gasteiger partial charge in [-0.3, -0.25) is 0 Å². The smallest absolute Gasteiger partial charge is 0.0821 e. The predicted molar refractivity (Wildman–Crippen MR) is 73.8 cm³/mol. The zero-order chi connectivity index (χ0) is 13.2. The van der Waals surface area contributed by atoms with E-state index in [1.54, 1.807) is 0 Å². The minimum atomic E-state index is -0.517. The highest BCUT2D eigenvalue weighted by molar-refractivity contribution is 5.54. The molecule has 0 amide bonds. The third kappa shape index (κ3) is 2.85. The summed E-state index contributed by atoms with van der Waals surface area (Å²) in [5, 5.41) is 19.5. The van der Waals surface area contributed by atoms with Gasteiger partial charge in [0.1, 0.15) is 0 Å². The fourth-order valence-corrected chi connectivity index (χ4v) is 2.96. The van der Waals surface area contributed by atoms with Gasteiger partial charge in [-0.1, -0.05) is 25.0 Å². The van der Waals surface area contributed by atoms with Crippen molar-refractivity contribution in [3.63, 3.8) is 0 Å². The standard InChI is InChI=1S/C15H23NO2/c1-12-9-13(10-17)5-6-14(12)16(2)11-15(18)7-3-4-8-15/h5-6,9,17-18H,3-4,7-8,10-11H2,1-2H3. The Hall–Kier alpha value is -1.06. The van der Waals surface area contributed by atoms with Crippen molar-refractivity contribution >= 4 is 5.69 Å². The summed E-state index contributed by atoms with van der Waals surface area (Å²) in [4.78, 5) is 2.13. The molecule has 0 unspecified atom stereocenters. The van der Waals surface area contributed by atoms with Crippen molar-refractivity contribution in [2.24, 2.45) is 0 Å². The maximum absolute atomic E-state index is 10.4. The first-order valence-corrected chi connectivity index (χ1v) is 6.68. The van der Waals surface area contributed by atoms with Gasteiger partial charge in [0.2, 0.25) is 0 Å². The Bertz CT molecular complexity index is 411. The summed E-state index contributed by atoms with van der Waals surface area (Å²) < 4.78 is 0. The molecule has 2 rings (SSSR count). The van der Waals surface area contributed by atoms with Gasteiger partial charge in [-0.05, 0) is 37.0 Å². The molecule has 0 saturated heterocycles. The van der Waals surface area contributed by atoms with Crippen LogP contribution in [-0.2, 0) is 6.61 Å². The molecule has 1 saturated carbocycles. The van der Waals surface area contributed by atoms with E-state index in [1.165, 1.54) is 0 Å². The van der Waals surface area contributed by atoms with Crippen LogP contribution in [0.3, 0.4) is 0 Å². The molecule has 0 aliphatic heterocycles. The van der Waals surface area contributed by atoms with Crippen LogP contribution in [0.4, 0.5) is 5.69 Å². The molecule has 3 nitrogen and oxygen atoms in total. The van der Waals surface area contributed by atoms with Crippen LogP contribution < -0.4 is 4.90 Å². The van der Waals surface area contributed by atoms with Crippen molar-refractivity contribution in [3.05, 3.63) is 29.3 Å². The van der Waals surface area contributed by atoms with Gasteiger partial charge in [0.25, 0.3) is 0 Å². The molecule has 100 valence electrons. The van der Waals surface area contributed by atoms with Gasteiger partial charge < -0.3 is 15.1 Å². The Morgan fingerprint density at radius 2 is 1.94 bits per heavy atom. The number of rotatable bonds is 4. The molecule has 18 heavy (non-hydrogen) atoms. The van der Waals surface area contributed by atoms with Crippen LogP contribution in [0.15, 0.2) is 18.2 Å². The van der Waals surface area contributed by atoms with Crippen molar-refractivity contribution < 1.29 is 10.2 Å². The fourth-order valence-electron chi connectivity index (χ4n) is 2.96. The van der Waals surface area contributed by atoms with Crippen LogP contribution in [0.1, 0.15) is 36.8 Å². The molecule has 0 heterocycles. The molecule has 1 aliphatic rings. The number of benzene rings is 1. The molecule has 1 aromatic rings. The first-order valence-electron chi connectivity index (χ1n) is 6.68. The molecule has 0 spiro atoms. The summed E-state index contributed by atoms with van der Waals surface area (Å²) in [6.07, 6.45) is 4.08. The number of anilines is 1. The molecular weight excluding hydrogens is 226 g/mol. The lowest BCUT2D eigenvalue weighted by atomic mass is 10.0. The molecule has 1 aliphatic carbocycles. The minimum absolute atomic E-state index is 0.0781. The van der Waals surface area contributed by atoms with E-state index in [0.717, 1.165) is 42.5 Å². The average Bonchev–Trinajstić information content (AvgIpc) is 2.75. The van der Waals surface area contributed by atoms with Crippen LogP contribution in [0.5, 0.6) is 0 Å². The van der Waals surface area contributed by atoms with Crippen molar-refractivity contribution in [2.75, 3.05) is 18.5 Å². The van der Waals surface area contributed by atoms with Crippen LogP contribution in [0, 0.1) is 6.92 Å². The minimum Gasteiger partial charge on any atom is -0.392 e. The number of nitrogens with zero attached hydrogens (tertiary/aromatic N) is 1. The lowest BCUT2D eigenvalue weighted by Gasteiger charge is -2.31. The third-order valence-corrected chi connectivity index (χ3v) is 3.92. The molecule has 2 N–H and O–H groups in total. The van der Waals surface area contributed by atoms with Gasteiger partial charge in [0.05, 0.1) is 12.2 Å². The normalized spacial score (nSPS) is 18.0. The van der Waals surface area contributed by atoms with Crippen molar-refractivity contribution in [2.45, 2.75) is 44.8 Å². The second-order valence-electron chi connectivity index (χ2n) is 5.57. The van der Waals surface area contributed by atoms with Gasteiger partial charge in [-0.25, -0.2) is 0 Å². The number of hydrogen-bond donors (Lipinski definition) is 2. The van der Waals surface area contributed by atoms with Crippen LogP contribution in [0.2, 0.25) is 0 Å². The van der Waals surface area contributed by atoms with Crippen LogP contribution in [0.25, 0.3) is 0 Å². The van der Waals surface area contributed by atoms with Gasteiger partial charge in [-0.15, -0.1) is 0 Å². The summed E-state index contributed by atoms with van der Waals surface area (Å²) >= 11 is 0. The number of aliphatic hydroxyl groups excluding tert-OH is 1. The molecule has 0 atom stereocenters. The molecule has 0 aromatic heterocycles. The summed E-state index contributed by atoms with van der Waals surface area (Å²) in [6.45, 7) is 2.81. The quantitative estimate of drug-likeness (QED) is 0.860. The van der Waals surface area contributed by atoms with Gasteiger partial charge in [-0.2, -0.15) is 0 Å². The molecule has 0 bridgehead atoms. The third-order valence-electron chi connectivity index (χ3n) is 3.92. The Morgan fingerprint density at radius 3 is 2.50 bits per heavy atom. The maximum Gasteiger partial charge on any atom is 0.0821 e. The highest BCUT2D eigenvalue weighted by atomic mass is 16.3. The van der Waals surface area contributed by atoms with Crippen molar-refractivity contribution in [1.82, 2.24) is 0 Å². The number of likely N-dealkylation sites (N-methyl/N-ethyl adjacent to an activating group) is 1. The highest BCUT2D eigenvalue weighted by Gasteiger charge is 2.32. The van der Waals surface area contributed by atoms with E-state index in [2.05, 4.69) is 4.90 Å². The van der Waals surface area contributed by atoms with Gasteiger partial charge in [0.15, 0.2) is 0 Å². The molecule has 1 aromatic carbocycles. The largest absolute Gasteiger partial charge is 0.392 e. The summed E-state index contributed by atoms with van der Waals surface area (Å²) in [7, 11) is 2.03. The number of aliphatic hydroxyl groups is 2. The average molecular weight is 249 g/mol.